The van der Waals surface area contributed by atoms with E-state index in [9.17, 15) is 18.0 Å². The van der Waals surface area contributed by atoms with E-state index in [1.165, 1.54) is 23.5 Å². The van der Waals surface area contributed by atoms with E-state index in [0.717, 1.165) is 41.1 Å². The summed E-state index contributed by atoms with van der Waals surface area (Å²) in [5.41, 5.74) is 2.33. The van der Waals surface area contributed by atoms with Crippen LogP contribution < -0.4 is 9.62 Å². The van der Waals surface area contributed by atoms with E-state index in [-0.39, 0.29) is 23.4 Å². The smallest absolute Gasteiger partial charge is 0.264 e. The molecule has 7 nitrogen and oxygen atoms in total. The molecule has 0 heterocycles. The molecule has 0 saturated heterocycles. The monoisotopic (exact) mass is 547 g/mol. The fraction of sp³-hybridized carbons (Fsp3) is 0.355. The first-order valence-corrected chi connectivity index (χ1v) is 15.0. The highest BCUT2D eigenvalue weighted by atomic mass is 32.2. The third kappa shape index (κ3) is 7.26. The number of carbonyl (C=O) groups excluding carboxylic acids is 2. The lowest BCUT2D eigenvalue weighted by molar-refractivity contribution is -0.139. The van der Waals surface area contributed by atoms with Crippen molar-refractivity contribution >= 4 is 27.5 Å². The number of rotatable bonds is 10. The van der Waals surface area contributed by atoms with Crippen LogP contribution in [0.4, 0.5) is 5.69 Å². The number of anilines is 1. The van der Waals surface area contributed by atoms with E-state index in [1.54, 1.807) is 55.5 Å². The first-order valence-electron chi connectivity index (χ1n) is 13.5. The van der Waals surface area contributed by atoms with Crippen molar-refractivity contribution in [2.24, 2.45) is 0 Å². The van der Waals surface area contributed by atoms with Gasteiger partial charge in [-0.15, -0.1) is 0 Å². The Labute approximate surface area is 231 Å². The molecule has 1 fully saturated rings. The molecule has 3 aromatic carbocycles. The van der Waals surface area contributed by atoms with Gasteiger partial charge in [0.05, 0.1) is 10.6 Å². The fourth-order valence-corrected chi connectivity index (χ4v) is 6.32. The van der Waals surface area contributed by atoms with Gasteiger partial charge in [-0.2, -0.15) is 0 Å². The van der Waals surface area contributed by atoms with Crippen molar-refractivity contribution in [3.8, 4) is 0 Å². The van der Waals surface area contributed by atoms with Crippen molar-refractivity contribution < 1.29 is 18.0 Å². The summed E-state index contributed by atoms with van der Waals surface area (Å²) < 4.78 is 28.6. The SMILES string of the molecule is Cc1ccc(CN(C(=O)CN(c2ccccc2)S(=O)(=O)c2ccccc2)[C@H](C)C(=O)NC2CCCCC2)cc1. The lowest BCUT2D eigenvalue weighted by Gasteiger charge is -2.33. The molecule has 1 aliphatic carbocycles. The number of para-hydroxylation sites is 1. The Hall–Kier alpha value is -3.65. The summed E-state index contributed by atoms with van der Waals surface area (Å²) >= 11 is 0. The normalized spacial score (nSPS) is 14.8. The summed E-state index contributed by atoms with van der Waals surface area (Å²) in [6.07, 6.45) is 5.19. The number of hydrogen-bond acceptors (Lipinski definition) is 4. The number of amides is 2. The van der Waals surface area contributed by atoms with E-state index in [0.29, 0.717) is 5.69 Å². The van der Waals surface area contributed by atoms with E-state index < -0.39 is 28.5 Å². The second-order valence-corrected chi connectivity index (χ2v) is 12.0. The van der Waals surface area contributed by atoms with Gasteiger partial charge in [-0.05, 0) is 56.5 Å². The lowest BCUT2D eigenvalue weighted by atomic mass is 9.95. The van der Waals surface area contributed by atoms with Crippen LogP contribution in [0.2, 0.25) is 0 Å². The zero-order valence-corrected chi connectivity index (χ0v) is 23.4. The summed E-state index contributed by atoms with van der Waals surface area (Å²) in [6, 6.07) is 23.8. The third-order valence-electron chi connectivity index (χ3n) is 7.25. The van der Waals surface area contributed by atoms with Gasteiger partial charge in [0.15, 0.2) is 0 Å². The predicted octanol–water partition coefficient (Wildman–Crippen LogP) is 5.06. The summed E-state index contributed by atoms with van der Waals surface area (Å²) in [5.74, 6) is -0.676. The zero-order chi connectivity index (χ0) is 27.8. The minimum Gasteiger partial charge on any atom is -0.352 e. The Morgan fingerprint density at radius 3 is 2.08 bits per heavy atom. The highest BCUT2D eigenvalue weighted by Crippen LogP contribution is 2.24. The summed E-state index contributed by atoms with van der Waals surface area (Å²) in [5, 5.41) is 3.13. The molecule has 0 spiro atoms. The first kappa shape index (κ1) is 28.4. The van der Waals surface area contributed by atoms with Crippen molar-refractivity contribution in [2.45, 2.75) is 69.5 Å². The quantitative estimate of drug-likeness (QED) is 0.385. The van der Waals surface area contributed by atoms with Gasteiger partial charge in [0, 0.05) is 12.6 Å². The Bertz CT molecular complexity index is 1340. The van der Waals surface area contributed by atoms with Gasteiger partial charge < -0.3 is 10.2 Å². The molecule has 0 aromatic heterocycles. The van der Waals surface area contributed by atoms with Crippen molar-refractivity contribution in [1.82, 2.24) is 10.2 Å². The predicted molar refractivity (Wildman–Crippen MR) is 154 cm³/mol. The van der Waals surface area contributed by atoms with Crippen LogP contribution in [-0.2, 0) is 26.2 Å². The number of sulfonamides is 1. The zero-order valence-electron chi connectivity index (χ0n) is 22.6. The van der Waals surface area contributed by atoms with Crippen molar-refractivity contribution in [2.75, 3.05) is 10.8 Å². The van der Waals surface area contributed by atoms with E-state index in [1.807, 2.05) is 31.2 Å². The maximum Gasteiger partial charge on any atom is 0.264 e. The Kier molecular flexibility index (Phi) is 9.41. The first-order chi connectivity index (χ1) is 18.8. The second kappa shape index (κ2) is 12.9. The Morgan fingerprint density at radius 2 is 1.46 bits per heavy atom. The summed E-state index contributed by atoms with van der Waals surface area (Å²) in [7, 11) is -4.04. The van der Waals surface area contributed by atoms with E-state index in [4.69, 9.17) is 0 Å². The van der Waals surface area contributed by atoms with Crippen LogP contribution in [0.1, 0.15) is 50.2 Å². The molecule has 1 aliphatic rings. The molecule has 8 heteroatoms. The van der Waals surface area contributed by atoms with Crippen LogP contribution in [0.5, 0.6) is 0 Å². The molecule has 3 aromatic rings. The Morgan fingerprint density at radius 1 is 0.872 bits per heavy atom. The molecule has 2 amide bonds. The molecular formula is C31H37N3O4S. The molecule has 1 saturated carbocycles. The molecular weight excluding hydrogens is 510 g/mol. The van der Waals surface area contributed by atoms with E-state index in [2.05, 4.69) is 5.32 Å². The highest BCUT2D eigenvalue weighted by Gasteiger charge is 2.33. The fourth-order valence-electron chi connectivity index (χ4n) is 4.88. The largest absolute Gasteiger partial charge is 0.352 e. The second-order valence-electron chi connectivity index (χ2n) is 10.2. The highest BCUT2D eigenvalue weighted by molar-refractivity contribution is 7.92. The molecule has 1 N–H and O–H groups in total. The van der Waals surface area contributed by atoms with Gasteiger partial charge in [0.2, 0.25) is 11.8 Å². The number of nitrogens with one attached hydrogen (secondary N) is 1. The molecule has 0 unspecified atom stereocenters. The maximum atomic E-state index is 14.0. The Balaban J connectivity index is 1.64. The minimum absolute atomic E-state index is 0.0924. The van der Waals surface area contributed by atoms with Gasteiger partial charge in [0.25, 0.3) is 10.0 Å². The molecule has 206 valence electrons. The third-order valence-corrected chi connectivity index (χ3v) is 9.03. The number of aryl methyl sites for hydroxylation is 1. The van der Waals surface area contributed by atoms with Crippen molar-refractivity contribution in [3.05, 3.63) is 96.1 Å². The number of hydrogen-bond donors (Lipinski definition) is 1. The van der Waals surface area contributed by atoms with Gasteiger partial charge >= 0.3 is 0 Å². The molecule has 1 atom stereocenters. The molecule has 0 radical (unpaired) electrons. The lowest BCUT2D eigenvalue weighted by Crippen LogP contribution is -2.53. The van der Waals surface area contributed by atoms with Crippen LogP contribution in [0.25, 0.3) is 0 Å². The van der Waals surface area contributed by atoms with Gasteiger partial charge in [0.1, 0.15) is 12.6 Å². The number of nitrogens with zero attached hydrogens (tertiary/aromatic N) is 2. The van der Waals surface area contributed by atoms with Crippen LogP contribution in [0.3, 0.4) is 0 Å². The molecule has 39 heavy (non-hydrogen) atoms. The number of carbonyl (C=O) groups is 2. The topological polar surface area (TPSA) is 86.8 Å². The maximum absolute atomic E-state index is 14.0. The van der Waals surface area contributed by atoms with Crippen LogP contribution in [0, 0.1) is 6.92 Å². The van der Waals surface area contributed by atoms with Crippen molar-refractivity contribution in [1.29, 1.82) is 0 Å². The van der Waals surface area contributed by atoms with Gasteiger partial charge in [-0.3, -0.25) is 13.9 Å². The van der Waals surface area contributed by atoms with Crippen LogP contribution >= 0.6 is 0 Å². The minimum atomic E-state index is -4.04. The standard InChI is InChI=1S/C31H37N3O4S/c1-24-18-20-26(21-19-24)22-33(25(2)31(36)32-27-12-6-3-7-13-27)30(35)23-34(28-14-8-4-9-15-28)39(37,38)29-16-10-5-11-17-29/h4-5,8-11,14-21,25,27H,3,6-7,12-13,22-23H2,1-2H3,(H,32,36)/t25-/m1/s1. The van der Waals surface area contributed by atoms with Gasteiger partial charge in [-0.1, -0.05) is 85.5 Å². The average Bonchev–Trinajstić information content (AvgIpc) is 2.96. The van der Waals surface area contributed by atoms with Crippen LogP contribution in [-0.4, -0.2) is 43.8 Å². The molecule has 0 bridgehead atoms. The summed E-state index contributed by atoms with van der Waals surface area (Å²) in [6.45, 7) is 3.45. The van der Waals surface area contributed by atoms with Crippen molar-refractivity contribution in [3.63, 3.8) is 0 Å². The van der Waals surface area contributed by atoms with E-state index >= 15 is 0 Å². The van der Waals surface area contributed by atoms with Gasteiger partial charge in [-0.25, -0.2) is 8.42 Å². The molecule has 4 rings (SSSR count). The van der Waals surface area contributed by atoms with Crippen LogP contribution in [0.15, 0.2) is 89.8 Å². The summed E-state index contributed by atoms with van der Waals surface area (Å²) in [4.78, 5) is 28.9. The molecule has 0 aliphatic heterocycles. The average molecular weight is 548 g/mol. The number of benzene rings is 3.